The summed E-state index contributed by atoms with van der Waals surface area (Å²) in [4.78, 5) is 30.0. The summed E-state index contributed by atoms with van der Waals surface area (Å²) in [6, 6.07) is 7.67. The molecule has 1 saturated heterocycles. The number of nitrogens with one attached hydrogen (secondary N) is 2. The number of aliphatic carboxylic acids is 1. The summed E-state index contributed by atoms with van der Waals surface area (Å²) >= 11 is 6.17. The first-order valence-corrected chi connectivity index (χ1v) is 10.0. The van der Waals surface area contributed by atoms with Crippen LogP contribution in [0.3, 0.4) is 0 Å². The predicted octanol–water partition coefficient (Wildman–Crippen LogP) is 3.57. The van der Waals surface area contributed by atoms with Crippen LogP contribution in [0.25, 0.3) is 0 Å². The van der Waals surface area contributed by atoms with E-state index in [-0.39, 0.29) is 17.4 Å². The van der Waals surface area contributed by atoms with Crippen molar-refractivity contribution in [2.24, 2.45) is 5.41 Å². The standard InChI is InChI=1S/C22H24ClN3O3/c1-21(2,3)11-16-22(14-5-4-13(23)10-15(14)25-20(22)29)17(18(26-16)19(27)28)12-6-8-24-9-7-12/h4-10,16-18,26H,11H2,1-3H3,(H,25,29)(H,27,28)/t16-,17+,18-,22+/m1/s1. The van der Waals surface area contributed by atoms with Crippen molar-refractivity contribution >= 4 is 29.2 Å². The molecule has 29 heavy (non-hydrogen) atoms. The van der Waals surface area contributed by atoms with Crippen LogP contribution in [0.1, 0.15) is 44.2 Å². The Bertz CT molecular complexity index is 973. The quantitative estimate of drug-likeness (QED) is 0.715. The van der Waals surface area contributed by atoms with E-state index >= 15 is 0 Å². The fraction of sp³-hybridized carbons (Fsp3) is 0.409. The first kappa shape index (κ1) is 19.9. The second-order valence-electron chi connectivity index (χ2n) is 9.07. The summed E-state index contributed by atoms with van der Waals surface area (Å²) in [5, 5.41) is 16.8. The maximum Gasteiger partial charge on any atom is 0.321 e. The summed E-state index contributed by atoms with van der Waals surface area (Å²) in [5.41, 5.74) is 1.04. The van der Waals surface area contributed by atoms with Crippen LogP contribution in [-0.4, -0.2) is 34.1 Å². The molecule has 7 heteroatoms. The number of pyridine rings is 1. The molecule has 6 nitrogen and oxygen atoms in total. The van der Waals surface area contributed by atoms with Gasteiger partial charge in [-0.1, -0.05) is 38.4 Å². The van der Waals surface area contributed by atoms with Crippen LogP contribution in [0.4, 0.5) is 5.69 Å². The molecular formula is C22H24ClN3O3. The number of rotatable bonds is 3. The van der Waals surface area contributed by atoms with Crippen molar-refractivity contribution in [1.29, 1.82) is 0 Å². The van der Waals surface area contributed by atoms with Gasteiger partial charge in [-0.2, -0.15) is 0 Å². The fourth-order valence-corrected chi connectivity index (χ4v) is 5.15. The summed E-state index contributed by atoms with van der Waals surface area (Å²) in [6.07, 6.45) is 3.90. The normalized spacial score (nSPS) is 28.4. The maximum absolute atomic E-state index is 13.6. The van der Waals surface area contributed by atoms with Gasteiger partial charge in [0.15, 0.2) is 0 Å². The van der Waals surface area contributed by atoms with Gasteiger partial charge in [0, 0.05) is 35.1 Å². The van der Waals surface area contributed by atoms with Crippen molar-refractivity contribution < 1.29 is 14.7 Å². The molecule has 4 atom stereocenters. The molecule has 1 aromatic carbocycles. The van der Waals surface area contributed by atoms with Crippen molar-refractivity contribution in [1.82, 2.24) is 10.3 Å². The molecule has 1 fully saturated rings. The van der Waals surface area contributed by atoms with Crippen molar-refractivity contribution in [2.75, 3.05) is 5.32 Å². The Hall–Kier alpha value is -2.44. The molecule has 0 aliphatic carbocycles. The van der Waals surface area contributed by atoms with E-state index in [9.17, 15) is 14.7 Å². The SMILES string of the molecule is CC(C)(C)C[C@H]1N[C@@H](C(=O)O)[C@H](c2ccncc2)[C@@]12C(=O)Nc1cc(Cl)ccc12. The van der Waals surface area contributed by atoms with E-state index in [1.807, 2.05) is 6.07 Å². The maximum atomic E-state index is 13.6. The average Bonchev–Trinajstić information content (AvgIpc) is 3.11. The van der Waals surface area contributed by atoms with Crippen LogP contribution in [0.5, 0.6) is 0 Å². The molecule has 3 N–H and O–H groups in total. The van der Waals surface area contributed by atoms with Crippen LogP contribution >= 0.6 is 11.6 Å². The third-order valence-corrected chi connectivity index (χ3v) is 6.19. The molecule has 2 aliphatic heterocycles. The van der Waals surface area contributed by atoms with Gasteiger partial charge in [0.25, 0.3) is 0 Å². The Morgan fingerprint density at radius 3 is 2.55 bits per heavy atom. The Morgan fingerprint density at radius 1 is 1.24 bits per heavy atom. The molecule has 1 spiro atoms. The van der Waals surface area contributed by atoms with Crippen LogP contribution in [0, 0.1) is 5.41 Å². The van der Waals surface area contributed by atoms with Gasteiger partial charge in [0.2, 0.25) is 5.91 Å². The van der Waals surface area contributed by atoms with Gasteiger partial charge in [-0.15, -0.1) is 0 Å². The van der Waals surface area contributed by atoms with Gasteiger partial charge < -0.3 is 10.4 Å². The van der Waals surface area contributed by atoms with E-state index < -0.39 is 23.3 Å². The molecule has 2 aliphatic rings. The number of halogens is 1. The number of amides is 1. The number of aromatic nitrogens is 1. The largest absolute Gasteiger partial charge is 0.480 e. The summed E-state index contributed by atoms with van der Waals surface area (Å²) in [7, 11) is 0. The lowest BCUT2D eigenvalue weighted by Gasteiger charge is -2.37. The lowest BCUT2D eigenvalue weighted by Crippen LogP contribution is -2.49. The molecule has 0 unspecified atom stereocenters. The Morgan fingerprint density at radius 2 is 1.93 bits per heavy atom. The van der Waals surface area contributed by atoms with Crippen LogP contribution in [0.2, 0.25) is 5.02 Å². The molecule has 3 heterocycles. The Kier molecular flexibility index (Phi) is 4.67. The van der Waals surface area contributed by atoms with Crippen molar-refractivity contribution in [3.8, 4) is 0 Å². The van der Waals surface area contributed by atoms with Gasteiger partial charge >= 0.3 is 5.97 Å². The number of carboxylic acids is 1. The first-order valence-electron chi connectivity index (χ1n) is 9.65. The van der Waals surface area contributed by atoms with Crippen molar-refractivity contribution in [3.05, 3.63) is 58.9 Å². The zero-order valence-electron chi connectivity index (χ0n) is 16.6. The number of hydrogen-bond acceptors (Lipinski definition) is 4. The summed E-state index contributed by atoms with van der Waals surface area (Å²) in [6.45, 7) is 6.27. The number of hydrogen-bond donors (Lipinski definition) is 3. The van der Waals surface area contributed by atoms with Gasteiger partial charge in [-0.3, -0.25) is 19.9 Å². The smallest absolute Gasteiger partial charge is 0.321 e. The summed E-state index contributed by atoms with van der Waals surface area (Å²) in [5.74, 6) is -1.75. The van der Waals surface area contributed by atoms with Crippen LogP contribution < -0.4 is 10.6 Å². The van der Waals surface area contributed by atoms with Crippen molar-refractivity contribution in [2.45, 2.75) is 50.6 Å². The molecule has 0 saturated carbocycles. The molecule has 152 valence electrons. The molecular weight excluding hydrogens is 390 g/mol. The number of anilines is 1. The minimum Gasteiger partial charge on any atom is -0.480 e. The lowest BCUT2D eigenvalue weighted by atomic mass is 9.62. The Labute approximate surface area is 174 Å². The molecule has 2 aromatic rings. The number of carbonyl (C=O) groups excluding carboxylic acids is 1. The summed E-state index contributed by atoms with van der Waals surface area (Å²) < 4.78 is 0. The molecule has 0 bridgehead atoms. The van der Waals surface area contributed by atoms with Gasteiger partial charge in [0.05, 0.1) is 0 Å². The highest BCUT2D eigenvalue weighted by molar-refractivity contribution is 6.31. The highest BCUT2D eigenvalue weighted by atomic mass is 35.5. The number of benzene rings is 1. The number of carbonyl (C=O) groups is 2. The molecule has 0 radical (unpaired) electrons. The zero-order valence-corrected chi connectivity index (χ0v) is 17.3. The van der Waals surface area contributed by atoms with Crippen LogP contribution in [-0.2, 0) is 15.0 Å². The van der Waals surface area contributed by atoms with Gasteiger partial charge in [-0.25, -0.2) is 0 Å². The van der Waals surface area contributed by atoms with Crippen molar-refractivity contribution in [3.63, 3.8) is 0 Å². The monoisotopic (exact) mass is 413 g/mol. The fourth-order valence-electron chi connectivity index (χ4n) is 4.98. The number of carboxylic acid groups (broad SMARTS) is 1. The third kappa shape index (κ3) is 3.11. The highest BCUT2D eigenvalue weighted by Gasteiger charge is 2.65. The second kappa shape index (κ2) is 6.82. The predicted molar refractivity (Wildman–Crippen MR) is 111 cm³/mol. The van der Waals surface area contributed by atoms with Gasteiger partial charge in [0.1, 0.15) is 11.5 Å². The van der Waals surface area contributed by atoms with E-state index in [2.05, 4.69) is 36.4 Å². The van der Waals surface area contributed by atoms with E-state index in [1.165, 1.54) is 0 Å². The average molecular weight is 414 g/mol. The van der Waals surface area contributed by atoms with E-state index in [1.54, 1.807) is 36.7 Å². The van der Waals surface area contributed by atoms with Gasteiger partial charge in [-0.05, 0) is 47.2 Å². The lowest BCUT2D eigenvalue weighted by molar-refractivity contribution is -0.139. The minimum absolute atomic E-state index is 0.115. The van der Waals surface area contributed by atoms with E-state index in [0.717, 1.165) is 11.1 Å². The molecule has 1 amide bonds. The highest BCUT2D eigenvalue weighted by Crippen LogP contribution is 2.56. The van der Waals surface area contributed by atoms with Crippen LogP contribution in [0.15, 0.2) is 42.7 Å². The minimum atomic E-state index is -1.06. The second-order valence-corrected chi connectivity index (χ2v) is 9.51. The zero-order chi connectivity index (χ0) is 21.0. The van der Waals surface area contributed by atoms with E-state index in [4.69, 9.17) is 11.6 Å². The molecule has 1 aromatic heterocycles. The number of fused-ring (bicyclic) bond motifs is 2. The topological polar surface area (TPSA) is 91.3 Å². The first-order chi connectivity index (χ1) is 13.6. The number of nitrogens with zero attached hydrogens (tertiary/aromatic N) is 1. The Balaban J connectivity index is 1.99. The molecule has 4 rings (SSSR count). The van der Waals surface area contributed by atoms with E-state index in [0.29, 0.717) is 17.1 Å². The third-order valence-electron chi connectivity index (χ3n) is 5.95.